The zero-order valence-corrected chi connectivity index (χ0v) is 22.4. The molecule has 1 atom stereocenters. The molecule has 0 spiro atoms. The lowest BCUT2D eigenvalue weighted by Crippen LogP contribution is -2.31. The highest BCUT2D eigenvalue weighted by atomic mass is 32.2. The third-order valence-corrected chi connectivity index (χ3v) is 8.03. The normalized spacial score (nSPS) is 15.3. The van der Waals surface area contributed by atoms with E-state index in [1.54, 1.807) is 38.1 Å². The number of furan rings is 1. The topological polar surface area (TPSA) is 126 Å². The van der Waals surface area contributed by atoms with Gasteiger partial charge in [-0.1, -0.05) is 47.4 Å². The highest BCUT2D eigenvalue weighted by molar-refractivity contribution is 8.00. The first-order chi connectivity index (χ1) is 18.8. The largest absolute Gasteiger partial charge is 0.504 e. The van der Waals surface area contributed by atoms with Gasteiger partial charge in [0.1, 0.15) is 11.6 Å². The quantitative estimate of drug-likeness (QED) is 0.147. The molecule has 5 rings (SSSR count). The van der Waals surface area contributed by atoms with Crippen molar-refractivity contribution in [3.05, 3.63) is 94.4 Å². The number of anilines is 1. The number of amides is 1. The van der Waals surface area contributed by atoms with E-state index in [1.165, 1.54) is 47.0 Å². The molecule has 2 aromatic carbocycles. The SMILES string of the molecule is CCOc1cc(C2C(C(=O)c3ccc(C)o3)=C(O)C(=O)N2c2nnc(SCc3ccccc3F)s2)ccc1O. The summed E-state index contributed by atoms with van der Waals surface area (Å²) < 4.78 is 25.5. The van der Waals surface area contributed by atoms with Gasteiger partial charge in [0.15, 0.2) is 27.4 Å². The van der Waals surface area contributed by atoms with Gasteiger partial charge in [0.25, 0.3) is 5.91 Å². The first-order valence-corrected chi connectivity index (χ1v) is 13.6. The second-order valence-corrected chi connectivity index (χ2v) is 10.6. The van der Waals surface area contributed by atoms with Gasteiger partial charge in [-0.15, -0.1) is 10.2 Å². The van der Waals surface area contributed by atoms with Gasteiger partial charge in [0.05, 0.1) is 18.2 Å². The van der Waals surface area contributed by atoms with Crippen molar-refractivity contribution in [2.75, 3.05) is 11.5 Å². The van der Waals surface area contributed by atoms with Crippen LogP contribution in [0.15, 0.2) is 74.7 Å². The number of ether oxygens (including phenoxy) is 1. The summed E-state index contributed by atoms with van der Waals surface area (Å²) in [5, 5.41) is 29.6. The molecule has 1 amide bonds. The van der Waals surface area contributed by atoms with Gasteiger partial charge >= 0.3 is 0 Å². The van der Waals surface area contributed by atoms with Crippen LogP contribution >= 0.6 is 23.1 Å². The molecule has 1 aliphatic heterocycles. The highest BCUT2D eigenvalue weighted by Gasteiger charge is 2.47. The zero-order chi connectivity index (χ0) is 27.7. The molecule has 0 saturated heterocycles. The maximum atomic E-state index is 14.1. The predicted molar refractivity (Wildman–Crippen MR) is 143 cm³/mol. The Labute approximate surface area is 230 Å². The van der Waals surface area contributed by atoms with Gasteiger partial charge in [-0.2, -0.15) is 0 Å². The average molecular weight is 568 g/mol. The Morgan fingerprint density at radius 2 is 1.97 bits per heavy atom. The summed E-state index contributed by atoms with van der Waals surface area (Å²) in [7, 11) is 0. The number of aliphatic hydroxyl groups excluding tert-OH is 1. The fourth-order valence-corrected chi connectivity index (χ4v) is 5.98. The first kappa shape index (κ1) is 26.4. The van der Waals surface area contributed by atoms with Gasteiger partial charge in [-0.3, -0.25) is 14.5 Å². The summed E-state index contributed by atoms with van der Waals surface area (Å²) in [6, 6.07) is 12.7. The van der Waals surface area contributed by atoms with Gasteiger partial charge in [-0.25, -0.2) is 4.39 Å². The minimum atomic E-state index is -1.12. The molecule has 0 radical (unpaired) electrons. The number of aromatic nitrogens is 2. The van der Waals surface area contributed by atoms with Crippen molar-refractivity contribution in [3.63, 3.8) is 0 Å². The number of thioether (sulfide) groups is 1. The van der Waals surface area contributed by atoms with E-state index in [4.69, 9.17) is 9.15 Å². The Morgan fingerprint density at radius 1 is 1.18 bits per heavy atom. The minimum Gasteiger partial charge on any atom is -0.504 e. The molecule has 1 unspecified atom stereocenters. The number of Topliss-reactive ketones (excluding diaryl/α,β-unsaturated/α-hetero) is 1. The van der Waals surface area contributed by atoms with E-state index in [-0.39, 0.29) is 40.4 Å². The van der Waals surface area contributed by atoms with E-state index in [9.17, 15) is 24.2 Å². The summed E-state index contributed by atoms with van der Waals surface area (Å²) in [5.41, 5.74) is 0.664. The summed E-state index contributed by atoms with van der Waals surface area (Å²) in [4.78, 5) is 28.1. The van der Waals surface area contributed by atoms with Crippen molar-refractivity contribution in [2.24, 2.45) is 0 Å². The molecule has 0 saturated carbocycles. The number of phenolic OH excluding ortho intramolecular Hbond substituents is 1. The number of aryl methyl sites for hydroxylation is 1. The number of halogens is 1. The molecule has 4 aromatic rings. The molecule has 1 aliphatic rings. The Bertz CT molecular complexity index is 1600. The lowest BCUT2D eigenvalue weighted by atomic mass is 9.95. The molecule has 0 aliphatic carbocycles. The molecular weight excluding hydrogens is 545 g/mol. The molecular formula is C27H22FN3O6S2. The fraction of sp³-hybridized carbons (Fsp3) is 0.185. The van der Waals surface area contributed by atoms with Crippen LogP contribution in [-0.2, 0) is 10.5 Å². The molecule has 0 bridgehead atoms. The smallest absolute Gasteiger partial charge is 0.296 e. The van der Waals surface area contributed by atoms with Crippen molar-refractivity contribution in [1.82, 2.24) is 10.2 Å². The molecule has 200 valence electrons. The van der Waals surface area contributed by atoms with E-state index in [1.807, 2.05) is 0 Å². The summed E-state index contributed by atoms with van der Waals surface area (Å²) in [6.07, 6.45) is 0. The number of phenols is 1. The van der Waals surface area contributed by atoms with Crippen LogP contribution in [0.3, 0.4) is 0 Å². The van der Waals surface area contributed by atoms with Gasteiger partial charge in [-0.05, 0) is 55.3 Å². The third-order valence-electron chi connectivity index (χ3n) is 5.93. The highest BCUT2D eigenvalue weighted by Crippen LogP contribution is 2.45. The Hall–Kier alpha value is -4.16. The van der Waals surface area contributed by atoms with Crippen molar-refractivity contribution in [3.8, 4) is 11.5 Å². The number of hydrogen-bond acceptors (Lipinski definition) is 10. The second kappa shape index (κ2) is 10.9. The van der Waals surface area contributed by atoms with Crippen molar-refractivity contribution in [2.45, 2.75) is 30.0 Å². The van der Waals surface area contributed by atoms with Crippen LogP contribution in [0.5, 0.6) is 11.5 Å². The maximum absolute atomic E-state index is 14.1. The molecule has 2 aromatic heterocycles. The van der Waals surface area contributed by atoms with Gasteiger partial charge in [0, 0.05) is 5.75 Å². The van der Waals surface area contributed by atoms with E-state index in [0.717, 1.165) is 11.3 Å². The van der Waals surface area contributed by atoms with Crippen LogP contribution in [0, 0.1) is 12.7 Å². The number of ketones is 1. The lowest BCUT2D eigenvalue weighted by molar-refractivity contribution is -0.117. The molecule has 39 heavy (non-hydrogen) atoms. The number of aliphatic hydroxyl groups is 1. The van der Waals surface area contributed by atoms with Crippen LogP contribution in [0.1, 0.15) is 40.4 Å². The van der Waals surface area contributed by atoms with Crippen LogP contribution < -0.4 is 9.64 Å². The van der Waals surface area contributed by atoms with Crippen LogP contribution in [0.2, 0.25) is 0 Å². The number of benzene rings is 2. The van der Waals surface area contributed by atoms with Gasteiger partial charge in [0.2, 0.25) is 10.9 Å². The molecule has 12 heteroatoms. The van der Waals surface area contributed by atoms with E-state index in [0.29, 0.717) is 27.0 Å². The number of carbonyl (C=O) groups excluding carboxylic acids is 2. The summed E-state index contributed by atoms with van der Waals surface area (Å²) >= 11 is 2.30. The number of nitrogens with zero attached hydrogens (tertiary/aromatic N) is 3. The number of rotatable bonds is 9. The number of carbonyl (C=O) groups is 2. The Kier molecular flexibility index (Phi) is 7.40. The summed E-state index contributed by atoms with van der Waals surface area (Å²) in [5.74, 6) is -1.86. The van der Waals surface area contributed by atoms with Crippen LogP contribution in [0.25, 0.3) is 0 Å². The fourth-order valence-electron chi connectivity index (χ4n) is 4.12. The standard InChI is InChI=1S/C27H22FN3O6S2/c1-3-36-20-12-15(9-10-18(20)32)22-21(23(33)19-11-8-14(2)37-19)24(34)25(35)31(22)26-29-30-27(39-26)38-13-16-6-4-5-7-17(16)28/h4-12,22,32,34H,3,13H2,1-2H3. The first-order valence-electron chi connectivity index (χ1n) is 11.8. The number of hydrogen-bond donors (Lipinski definition) is 2. The Morgan fingerprint density at radius 3 is 2.69 bits per heavy atom. The zero-order valence-electron chi connectivity index (χ0n) is 20.8. The van der Waals surface area contributed by atoms with Crippen molar-refractivity contribution >= 4 is 39.9 Å². The van der Waals surface area contributed by atoms with E-state index < -0.39 is 23.5 Å². The second-order valence-electron chi connectivity index (χ2n) is 8.47. The van der Waals surface area contributed by atoms with E-state index >= 15 is 0 Å². The van der Waals surface area contributed by atoms with Crippen molar-refractivity contribution < 1.29 is 33.3 Å². The monoisotopic (exact) mass is 567 g/mol. The third kappa shape index (κ3) is 5.12. The van der Waals surface area contributed by atoms with Crippen molar-refractivity contribution in [1.29, 1.82) is 0 Å². The average Bonchev–Trinajstić information content (AvgIpc) is 3.63. The minimum absolute atomic E-state index is 0.0455. The van der Waals surface area contributed by atoms with Gasteiger partial charge < -0.3 is 19.4 Å². The van der Waals surface area contributed by atoms with E-state index in [2.05, 4.69) is 10.2 Å². The molecule has 2 N–H and O–H groups in total. The van der Waals surface area contributed by atoms with Crippen LogP contribution in [-0.4, -0.2) is 38.7 Å². The Balaban J connectivity index is 1.53. The lowest BCUT2D eigenvalue weighted by Gasteiger charge is -2.24. The number of aromatic hydroxyl groups is 1. The molecule has 0 fully saturated rings. The summed E-state index contributed by atoms with van der Waals surface area (Å²) in [6.45, 7) is 3.69. The predicted octanol–water partition coefficient (Wildman–Crippen LogP) is 5.76. The maximum Gasteiger partial charge on any atom is 0.296 e. The van der Waals surface area contributed by atoms with Crippen LogP contribution in [0.4, 0.5) is 9.52 Å². The molecule has 3 heterocycles. The molecule has 9 nitrogen and oxygen atoms in total.